The molecule has 34 heavy (non-hydrogen) atoms. The third-order valence-electron chi connectivity index (χ3n) is 5.54. The Kier molecular flexibility index (Phi) is 5.73. The summed E-state index contributed by atoms with van der Waals surface area (Å²) in [7, 11) is 1.56. The lowest BCUT2D eigenvalue weighted by atomic mass is 9.96. The van der Waals surface area contributed by atoms with Crippen LogP contribution in [0.15, 0.2) is 84.3 Å². The van der Waals surface area contributed by atoms with E-state index in [4.69, 9.17) is 21.4 Å². The third kappa shape index (κ3) is 3.99. The highest BCUT2D eigenvalue weighted by Gasteiger charge is 2.35. The Labute approximate surface area is 201 Å². The van der Waals surface area contributed by atoms with Gasteiger partial charge in [0.05, 0.1) is 18.4 Å². The molecule has 0 radical (unpaired) electrons. The van der Waals surface area contributed by atoms with Gasteiger partial charge in [-0.3, -0.25) is 9.78 Å². The summed E-state index contributed by atoms with van der Waals surface area (Å²) in [4.78, 5) is 22.5. The molecule has 170 valence electrons. The molecule has 1 unspecified atom stereocenters. The number of methoxy groups -OCH3 is 1. The number of anilines is 2. The van der Waals surface area contributed by atoms with Gasteiger partial charge in [0, 0.05) is 28.7 Å². The van der Waals surface area contributed by atoms with Crippen LogP contribution in [0.2, 0.25) is 5.02 Å². The number of allylic oxidation sites excluding steroid dienone is 1. The van der Waals surface area contributed by atoms with Crippen LogP contribution in [0.5, 0.6) is 5.75 Å². The number of fused-ring (bicyclic) bond motifs is 1. The number of nitrogens with one attached hydrogen (secondary N) is 2. The number of halogens is 1. The number of benzene rings is 2. The van der Waals surface area contributed by atoms with E-state index < -0.39 is 6.04 Å². The first-order valence-electron chi connectivity index (χ1n) is 10.6. The standard InChI is InChI=1S/C25H21ClN6O2/c1-15-21(24(33)29-19-10-3-4-11-20(19)34-2)22(17-8-6-12-27-14-17)32-25(28-15)30-23(31-32)16-7-5-9-18(26)13-16/h3-14,22H,1-2H3,(H,29,33)(H,28,30,31). The summed E-state index contributed by atoms with van der Waals surface area (Å²) in [5.41, 5.74) is 3.31. The van der Waals surface area contributed by atoms with E-state index in [0.717, 1.165) is 11.1 Å². The number of carbonyl (C=O) groups excluding carboxylic acids is 1. The number of rotatable bonds is 5. The molecule has 3 heterocycles. The van der Waals surface area contributed by atoms with Crippen LogP contribution in [0, 0.1) is 0 Å². The molecule has 0 saturated carbocycles. The van der Waals surface area contributed by atoms with Crippen LogP contribution in [-0.4, -0.2) is 32.8 Å². The topological polar surface area (TPSA) is 94.0 Å². The van der Waals surface area contributed by atoms with Gasteiger partial charge in [-0.1, -0.05) is 41.9 Å². The van der Waals surface area contributed by atoms with Gasteiger partial charge in [0.15, 0.2) is 5.82 Å². The van der Waals surface area contributed by atoms with E-state index in [1.54, 1.807) is 48.5 Å². The molecule has 5 rings (SSSR count). The van der Waals surface area contributed by atoms with Gasteiger partial charge < -0.3 is 15.4 Å². The Hall–Kier alpha value is -4.17. The average Bonchev–Trinajstić information content (AvgIpc) is 3.27. The second-order valence-corrected chi connectivity index (χ2v) is 8.16. The molecule has 0 aliphatic carbocycles. The SMILES string of the molecule is COc1ccccc1NC(=O)C1=C(C)Nc2nc(-c3cccc(Cl)c3)nn2C1c1cccnc1. The molecular weight excluding hydrogens is 452 g/mol. The van der Waals surface area contributed by atoms with Gasteiger partial charge in [-0.2, -0.15) is 4.98 Å². The molecule has 1 atom stereocenters. The fourth-order valence-electron chi connectivity index (χ4n) is 3.98. The van der Waals surface area contributed by atoms with Gasteiger partial charge in [-0.05, 0) is 42.8 Å². The quantitative estimate of drug-likeness (QED) is 0.427. The number of aromatic nitrogens is 4. The Morgan fingerprint density at radius 2 is 2.00 bits per heavy atom. The van der Waals surface area contributed by atoms with Crippen LogP contribution < -0.4 is 15.4 Å². The average molecular weight is 473 g/mol. The highest BCUT2D eigenvalue weighted by atomic mass is 35.5. The van der Waals surface area contributed by atoms with Gasteiger partial charge in [-0.25, -0.2) is 4.68 Å². The van der Waals surface area contributed by atoms with E-state index in [1.807, 2.05) is 43.3 Å². The van der Waals surface area contributed by atoms with Gasteiger partial charge in [0.25, 0.3) is 5.91 Å². The predicted molar refractivity (Wildman–Crippen MR) is 131 cm³/mol. The van der Waals surface area contributed by atoms with Crippen LogP contribution in [0.1, 0.15) is 18.5 Å². The Balaban J connectivity index is 1.59. The van der Waals surface area contributed by atoms with Gasteiger partial charge >= 0.3 is 0 Å². The maximum Gasteiger partial charge on any atom is 0.255 e. The summed E-state index contributed by atoms with van der Waals surface area (Å²) in [6.45, 7) is 1.84. The molecular formula is C25H21ClN6O2. The number of nitrogens with zero attached hydrogens (tertiary/aromatic N) is 4. The number of amides is 1. The van der Waals surface area contributed by atoms with Crippen molar-refractivity contribution in [3.05, 3.63) is 94.9 Å². The minimum atomic E-state index is -0.542. The molecule has 0 spiro atoms. The van der Waals surface area contributed by atoms with E-state index in [2.05, 4.69) is 20.6 Å². The molecule has 8 nitrogen and oxygen atoms in total. The normalized spacial score (nSPS) is 14.9. The Morgan fingerprint density at radius 3 is 2.76 bits per heavy atom. The highest BCUT2D eigenvalue weighted by molar-refractivity contribution is 6.30. The van der Waals surface area contributed by atoms with Crippen molar-refractivity contribution in [1.29, 1.82) is 0 Å². The van der Waals surface area contributed by atoms with E-state index in [-0.39, 0.29) is 5.91 Å². The fraction of sp³-hybridized carbons (Fsp3) is 0.120. The van der Waals surface area contributed by atoms with Crippen molar-refractivity contribution in [2.45, 2.75) is 13.0 Å². The van der Waals surface area contributed by atoms with Crippen molar-refractivity contribution >= 4 is 29.1 Å². The van der Waals surface area contributed by atoms with Crippen molar-refractivity contribution in [2.75, 3.05) is 17.7 Å². The molecule has 9 heteroatoms. The zero-order chi connectivity index (χ0) is 23.7. The number of para-hydroxylation sites is 2. The predicted octanol–water partition coefficient (Wildman–Crippen LogP) is 4.93. The minimum absolute atomic E-state index is 0.284. The summed E-state index contributed by atoms with van der Waals surface area (Å²) < 4.78 is 7.10. The summed E-state index contributed by atoms with van der Waals surface area (Å²) in [5.74, 6) is 1.31. The van der Waals surface area contributed by atoms with Gasteiger partial charge in [0.1, 0.15) is 11.8 Å². The molecule has 1 aliphatic rings. The number of pyridine rings is 1. The Bertz CT molecular complexity index is 1400. The lowest BCUT2D eigenvalue weighted by Gasteiger charge is -2.28. The summed E-state index contributed by atoms with van der Waals surface area (Å²) in [6.07, 6.45) is 3.42. The molecule has 0 bridgehead atoms. The number of hydrogen-bond donors (Lipinski definition) is 2. The number of hydrogen-bond acceptors (Lipinski definition) is 6. The molecule has 2 N–H and O–H groups in total. The molecule has 1 amide bonds. The van der Waals surface area contributed by atoms with Crippen molar-refractivity contribution in [1.82, 2.24) is 19.7 Å². The van der Waals surface area contributed by atoms with Crippen LogP contribution >= 0.6 is 11.6 Å². The van der Waals surface area contributed by atoms with E-state index >= 15 is 0 Å². The first-order chi connectivity index (χ1) is 16.5. The maximum absolute atomic E-state index is 13.6. The number of carbonyl (C=O) groups is 1. The Morgan fingerprint density at radius 1 is 1.15 bits per heavy atom. The summed E-state index contributed by atoms with van der Waals surface area (Å²) in [5, 5.41) is 11.5. The summed E-state index contributed by atoms with van der Waals surface area (Å²) >= 11 is 6.18. The first-order valence-corrected chi connectivity index (χ1v) is 11.0. The minimum Gasteiger partial charge on any atom is -0.495 e. The summed E-state index contributed by atoms with van der Waals surface area (Å²) in [6, 6.07) is 17.8. The maximum atomic E-state index is 13.6. The second kappa shape index (κ2) is 8.99. The molecule has 2 aromatic carbocycles. The lowest BCUT2D eigenvalue weighted by Crippen LogP contribution is -2.31. The monoisotopic (exact) mass is 472 g/mol. The van der Waals surface area contributed by atoms with Crippen molar-refractivity contribution in [2.24, 2.45) is 0 Å². The van der Waals surface area contributed by atoms with Gasteiger partial charge in [-0.15, -0.1) is 5.10 Å². The molecule has 1 aliphatic heterocycles. The lowest BCUT2D eigenvalue weighted by molar-refractivity contribution is -0.113. The largest absolute Gasteiger partial charge is 0.495 e. The van der Waals surface area contributed by atoms with Crippen LogP contribution in [0.3, 0.4) is 0 Å². The van der Waals surface area contributed by atoms with E-state index in [9.17, 15) is 4.79 Å². The first kappa shape index (κ1) is 21.7. The third-order valence-corrected chi connectivity index (χ3v) is 5.77. The zero-order valence-corrected chi connectivity index (χ0v) is 19.2. The van der Waals surface area contributed by atoms with Gasteiger partial charge in [0.2, 0.25) is 5.95 Å². The van der Waals surface area contributed by atoms with Crippen molar-refractivity contribution < 1.29 is 9.53 Å². The fourth-order valence-corrected chi connectivity index (χ4v) is 4.17. The van der Waals surface area contributed by atoms with E-state index in [0.29, 0.717) is 39.5 Å². The molecule has 0 saturated heterocycles. The van der Waals surface area contributed by atoms with Crippen molar-refractivity contribution in [3.63, 3.8) is 0 Å². The zero-order valence-electron chi connectivity index (χ0n) is 18.5. The molecule has 4 aromatic rings. The number of ether oxygens (including phenoxy) is 1. The van der Waals surface area contributed by atoms with Crippen LogP contribution in [-0.2, 0) is 4.79 Å². The second-order valence-electron chi connectivity index (χ2n) is 7.72. The molecule has 2 aromatic heterocycles. The smallest absolute Gasteiger partial charge is 0.255 e. The highest BCUT2D eigenvalue weighted by Crippen LogP contribution is 2.37. The van der Waals surface area contributed by atoms with Crippen LogP contribution in [0.4, 0.5) is 11.6 Å². The molecule has 0 fully saturated rings. The van der Waals surface area contributed by atoms with Crippen LogP contribution in [0.25, 0.3) is 11.4 Å². The van der Waals surface area contributed by atoms with E-state index in [1.165, 1.54) is 0 Å². The van der Waals surface area contributed by atoms with Crippen molar-refractivity contribution in [3.8, 4) is 17.1 Å².